The highest BCUT2D eigenvalue weighted by atomic mass is 35.5. The summed E-state index contributed by atoms with van der Waals surface area (Å²) in [6.45, 7) is 0. The van der Waals surface area contributed by atoms with E-state index in [2.05, 4.69) is 4.98 Å². The second-order valence-corrected chi connectivity index (χ2v) is 6.09. The van der Waals surface area contributed by atoms with E-state index in [1.807, 2.05) is 12.1 Å². The third-order valence-electron chi connectivity index (χ3n) is 3.89. The molecule has 0 spiro atoms. The lowest BCUT2D eigenvalue weighted by Gasteiger charge is -2.12. The normalized spacial score (nSPS) is 15.4. The van der Waals surface area contributed by atoms with Gasteiger partial charge in [-0.05, 0) is 37.1 Å². The van der Waals surface area contributed by atoms with Crippen LogP contribution in [0, 0.1) is 0 Å². The molecule has 1 aliphatic rings. The highest BCUT2D eigenvalue weighted by Gasteiger charge is 2.21. The zero-order valence-corrected chi connectivity index (χ0v) is 13.3. The average Bonchev–Trinajstić information content (AvgIpc) is 3.00. The van der Waals surface area contributed by atoms with Crippen molar-refractivity contribution in [2.45, 2.75) is 31.6 Å². The quantitative estimate of drug-likeness (QED) is 0.736. The Balaban J connectivity index is 2.05. The molecule has 1 saturated carbocycles. The van der Waals surface area contributed by atoms with E-state index < -0.39 is 0 Å². The molecule has 5 heteroatoms. The predicted molar refractivity (Wildman–Crippen MR) is 85.2 cm³/mol. The molecule has 0 amide bonds. The van der Waals surface area contributed by atoms with Crippen LogP contribution in [0.1, 0.15) is 37.3 Å². The lowest BCUT2D eigenvalue weighted by Crippen LogP contribution is -2.01. The minimum Gasteiger partial charge on any atom is -0.496 e. The van der Waals surface area contributed by atoms with Gasteiger partial charge in [-0.3, -0.25) is 0 Å². The number of hydrogen-bond acceptors (Lipinski definition) is 3. The number of rotatable bonds is 3. The number of methoxy groups -OCH3 is 1. The molecule has 1 aromatic heterocycles. The maximum atomic E-state index is 6.19. The second-order valence-electron chi connectivity index (χ2n) is 5.27. The van der Waals surface area contributed by atoms with E-state index in [1.165, 1.54) is 25.7 Å². The Morgan fingerprint density at radius 1 is 1.10 bits per heavy atom. The zero-order valence-electron chi connectivity index (χ0n) is 11.8. The van der Waals surface area contributed by atoms with Gasteiger partial charge in [0.05, 0.1) is 12.7 Å². The van der Waals surface area contributed by atoms with E-state index in [0.717, 1.165) is 11.3 Å². The Kier molecular flexibility index (Phi) is 4.32. The van der Waals surface area contributed by atoms with Gasteiger partial charge in [0, 0.05) is 16.6 Å². The maximum Gasteiger partial charge on any atom is 0.164 e. The smallest absolute Gasteiger partial charge is 0.164 e. The summed E-state index contributed by atoms with van der Waals surface area (Å²) >= 11 is 12.2. The van der Waals surface area contributed by atoms with Crippen LogP contribution in [0.15, 0.2) is 24.3 Å². The van der Waals surface area contributed by atoms with Crippen molar-refractivity contribution in [3.63, 3.8) is 0 Å². The third kappa shape index (κ3) is 3.14. The number of aromatic nitrogens is 2. The molecular weight excluding hydrogens is 307 g/mol. The van der Waals surface area contributed by atoms with Crippen molar-refractivity contribution in [3.05, 3.63) is 40.1 Å². The SMILES string of the molecule is COc1cc(Cl)ccc1-c1nc(Cl)cc(C2CCCC2)n1. The molecule has 0 bridgehead atoms. The van der Waals surface area contributed by atoms with Crippen LogP contribution in [0.3, 0.4) is 0 Å². The van der Waals surface area contributed by atoms with E-state index in [0.29, 0.717) is 27.7 Å². The molecule has 0 saturated heterocycles. The second kappa shape index (κ2) is 6.20. The minimum absolute atomic E-state index is 0.471. The Hall–Kier alpha value is -1.32. The molecule has 0 radical (unpaired) electrons. The molecule has 110 valence electrons. The van der Waals surface area contributed by atoms with Crippen LogP contribution in [0.5, 0.6) is 5.75 Å². The fourth-order valence-corrected chi connectivity index (χ4v) is 3.19. The summed E-state index contributed by atoms with van der Waals surface area (Å²) in [6.07, 6.45) is 4.85. The Morgan fingerprint density at radius 3 is 2.57 bits per heavy atom. The van der Waals surface area contributed by atoms with Crippen LogP contribution in [0.25, 0.3) is 11.4 Å². The Morgan fingerprint density at radius 2 is 1.86 bits per heavy atom. The van der Waals surface area contributed by atoms with Crippen LogP contribution in [0.2, 0.25) is 10.2 Å². The van der Waals surface area contributed by atoms with Crippen molar-refractivity contribution in [2.75, 3.05) is 7.11 Å². The predicted octanol–water partition coefficient (Wildman–Crippen LogP) is 5.12. The van der Waals surface area contributed by atoms with Gasteiger partial charge in [0.2, 0.25) is 0 Å². The average molecular weight is 323 g/mol. The summed E-state index contributed by atoms with van der Waals surface area (Å²) in [5, 5.41) is 1.09. The summed E-state index contributed by atoms with van der Waals surface area (Å²) in [5.74, 6) is 1.74. The molecule has 1 heterocycles. The van der Waals surface area contributed by atoms with Gasteiger partial charge in [0.1, 0.15) is 10.9 Å². The molecule has 1 aromatic carbocycles. The van der Waals surface area contributed by atoms with E-state index >= 15 is 0 Å². The molecular formula is C16H16Cl2N2O. The van der Waals surface area contributed by atoms with Crippen LogP contribution >= 0.6 is 23.2 Å². The van der Waals surface area contributed by atoms with E-state index in [4.69, 9.17) is 32.9 Å². The number of hydrogen-bond donors (Lipinski definition) is 0. The molecule has 0 aliphatic heterocycles. The highest BCUT2D eigenvalue weighted by molar-refractivity contribution is 6.31. The van der Waals surface area contributed by atoms with Gasteiger partial charge >= 0.3 is 0 Å². The van der Waals surface area contributed by atoms with E-state index in [1.54, 1.807) is 19.2 Å². The molecule has 0 atom stereocenters. The van der Waals surface area contributed by atoms with Gasteiger partial charge in [0.15, 0.2) is 5.82 Å². The summed E-state index contributed by atoms with van der Waals surface area (Å²) in [7, 11) is 1.61. The van der Waals surface area contributed by atoms with Crippen LogP contribution in [-0.2, 0) is 0 Å². The fourth-order valence-electron chi connectivity index (χ4n) is 2.84. The van der Waals surface area contributed by atoms with E-state index in [-0.39, 0.29) is 0 Å². The summed E-state index contributed by atoms with van der Waals surface area (Å²) in [6, 6.07) is 7.31. The molecule has 0 N–H and O–H groups in total. The van der Waals surface area contributed by atoms with Crippen molar-refractivity contribution in [3.8, 4) is 17.1 Å². The Labute approximate surface area is 134 Å². The molecule has 3 rings (SSSR count). The zero-order chi connectivity index (χ0) is 14.8. The Bertz CT molecular complexity index is 655. The van der Waals surface area contributed by atoms with Crippen molar-refractivity contribution >= 4 is 23.2 Å². The molecule has 2 aromatic rings. The van der Waals surface area contributed by atoms with Crippen molar-refractivity contribution in [1.82, 2.24) is 9.97 Å². The van der Waals surface area contributed by atoms with Crippen LogP contribution in [-0.4, -0.2) is 17.1 Å². The van der Waals surface area contributed by atoms with Gasteiger partial charge < -0.3 is 4.74 Å². The largest absolute Gasteiger partial charge is 0.496 e. The number of ether oxygens (including phenoxy) is 1. The lowest BCUT2D eigenvalue weighted by molar-refractivity contribution is 0.416. The first-order valence-corrected chi connectivity index (χ1v) is 7.81. The standard InChI is InChI=1S/C16H16Cl2N2O/c1-21-14-8-11(17)6-7-12(14)16-19-13(9-15(18)20-16)10-4-2-3-5-10/h6-10H,2-5H2,1H3. The van der Waals surface area contributed by atoms with Gasteiger partial charge in [-0.15, -0.1) is 0 Å². The minimum atomic E-state index is 0.471. The topological polar surface area (TPSA) is 35.0 Å². The first kappa shape index (κ1) is 14.6. The van der Waals surface area contributed by atoms with Crippen molar-refractivity contribution in [2.24, 2.45) is 0 Å². The van der Waals surface area contributed by atoms with E-state index in [9.17, 15) is 0 Å². The fraction of sp³-hybridized carbons (Fsp3) is 0.375. The molecule has 1 fully saturated rings. The molecule has 21 heavy (non-hydrogen) atoms. The van der Waals surface area contributed by atoms with Crippen molar-refractivity contribution in [1.29, 1.82) is 0 Å². The molecule has 0 unspecified atom stereocenters. The summed E-state index contributed by atoms with van der Waals surface area (Å²) in [5.41, 5.74) is 1.84. The van der Waals surface area contributed by atoms with Crippen molar-refractivity contribution < 1.29 is 4.74 Å². The first-order valence-electron chi connectivity index (χ1n) is 7.06. The van der Waals surface area contributed by atoms with Gasteiger partial charge in [-0.1, -0.05) is 36.0 Å². The molecule has 3 nitrogen and oxygen atoms in total. The van der Waals surface area contributed by atoms with Gasteiger partial charge in [-0.2, -0.15) is 0 Å². The third-order valence-corrected chi connectivity index (χ3v) is 4.32. The number of halogens is 2. The summed E-state index contributed by atoms with van der Waals surface area (Å²) in [4.78, 5) is 9.05. The summed E-state index contributed by atoms with van der Waals surface area (Å²) < 4.78 is 5.38. The maximum absolute atomic E-state index is 6.19. The van der Waals surface area contributed by atoms with Crippen LogP contribution in [0.4, 0.5) is 0 Å². The number of benzene rings is 1. The monoisotopic (exact) mass is 322 g/mol. The highest BCUT2D eigenvalue weighted by Crippen LogP contribution is 2.36. The van der Waals surface area contributed by atoms with Gasteiger partial charge in [-0.25, -0.2) is 9.97 Å². The molecule has 1 aliphatic carbocycles. The van der Waals surface area contributed by atoms with Crippen LogP contribution < -0.4 is 4.74 Å². The first-order chi connectivity index (χ1) is 10.2. The van der Waals surface area contributed by atoms with Gasteiger partial charge in [0.25, 0.3) is 0 Å². The number of nitrogens with zero attached hydrogens (tertiary/aromatic N) is 2. The lowest BCUT2D eigenvalue weighted by atomic mass is 10.0.